The molecule has 0 N–H and O–H groups in total. The molecule has 0 spiro atoms. The standard InChI is InChI=1S/C20H13F3N2O9/c1-19(2)33-17(26)13(18(27)34-19)7-10-3-5-12(6-4-10)32-16-14(24(28)29)8-11(20(21,22)23)9-15(16)25(30)31/h3-9H,1-2H3. The quantitative estimate of drug-likeness (QED) is 0.197. The third-order valence-electron chi connectivity index (χ3n) is 4.30. The number of cyclic esters (lactones) is 2. The summed E-state index contributed by atoms with van der Waals surface area (Å²) in [6.45, 7) is 2.73. The van der Waals surface area contributed by atoms with Crippen molar-refractivity contribution in [3.63, 3.8) is 0 Å². The zero-order chi connectivity index (χ0) is 25.4. The maximum atomic E-state index is 13.0. The van der Waals surface area contributed by atoms with Crippen LogP contribution in [0.5, 0.6) is 11.5 Å². The summed E-state index contributed by atoms with van der Waals surface area (Å²) in [4.78, 5) is 44.1. The van der Waals surface area contributed by atoms with Gasteiger partial charge in [-0.1, -0.05) is 12.1 Å². The van der Waals surface area contributed by atoms with E-state index in [1.165, 1.54) is 38.1 Å². The topological polar surface area (TPSA) is 148 Å². The fourth-order valence-corrected chi connectivity index (χ4v) is 2.83. The van der Waals surface area contributed by atoms with Crippen LogP contribution < -0.4 is 4.74 Å². The van der Waals surface area contributed by atoms with E-state index in [1.807, 2.05) is 0 Å². The highest BCUT2D eigenvalue weighted by Crippen LogP contribution is 2.44. The second kappa shape index (κ2) is 8.46. The van der Waals surface area contributed by atoms with Gasteiger partial charge in [0.2, 0.25) is 0 Å². The largest absolute Gasteiger partial charge is 0.444 e. The van der Waals surface area contributed by atoms with Crippen LogP contribution in [-0.2, 0) is 25.2 Å². The van der Waals surface area contributed by atoms with Gasteiger partial charge in [-0.25, -0.2) is 9.59 Å². The first kappa shape index (κ1) is 24.2. The third-order valence-corrected chi connectivity index (χ3v) is 4.30. The van der Waals surface area contributed by atoms with E-state index in [1.54, 1.807) is 0 Å². The van der Waals surface area contributed by atoms with Crippen molar-refractivity contribution in [2.75, 3.05) is 0 Å². The van der Waals surface area contributed by atoms with E-state index in [0.717, 1.165) is 6.08 Å². The minimum Gasteiger partial charge on any atom is -0.444 e. The average molecular weight is 482 g/mol. The monoisotopic (exact) mass is 482 g/mol. The lowest BCUT2D eigenvalue weighted by molar-refractivity contribution is -0.396. The molecule has 1 fully saturated rings. The summed E-state index contributed by atoms with van der Waals surface area (Å²) in [6, 6.07) is 5.16. The van der Waals surface area contributed by atoms with Gasteiger partial charge in [0.05, 0.1) is 15.4 Å². The molecule has 3 rings (SSSR count). The van der Waals surface area contributed by atoms with Crippen molar-refractivity contribution in [3.05, 3.63) is 73.3 Å². The van der Waals surface area contributed by atoms with Crippen molar-refractivity contribution in [2.45, 2.75) is 25.8 Å². The molecule has 14 heteroatoms. The summed E-state index contributed by atoms with van der Waals surface area (Å²) >= 11 is 0. The number of nitro groups is 2. The summed E-state index contributed by atoms with van der Waals surface area (Å²) in [7, 11) is 0. The molecule has 2 aromatic carbocycles. The molecule has 0 unspecified atom stereocenters. The first-order valence-electron chi connectivity index (χ1n) is 9.18. The third kappa shape index (κ3) is 5.11. The van der Waals surface area contributed by atoms with E-state index in [2.05, 4.69) is 0 Å². The Labute approximate surface area is 187 Å². The van der Waals surface area contributed by atoms with Crippen LogP contribution in [0.3, 0.4) is 0 Å². The van der Waals surface area contributed by atoms with Gasteiger partial charge in [-0.15, -0.1) is 0 Å². The van der Waals surface area contributed by atoms with Gasteiger partial charge in [0.1, 0.15) is 11.3 Å². The second-order valence-corrected chi connectivity index (χ2v) is 7.26. The van der Waals surface area contributed by atoms with Gasteiger partial charge in [0.15, 0.2) is 0 Å². The molecule has 0 aromatic heterocycles. The first-order chi connectivity index (χ1) is 15.7. The molecule has 1 saturated heterocycles. The number of halogens is 3. The van der Waals surface area contributed by atoms with Crippen LogP contribution in [0, 0.1) is 20.2 Å². The predicted molar refractivity (Wildman–Crippen MR) is 106 cm³/mol. The Balaban J connectivity index is 1.95. The Morgan fingerprint density at radius 2 is 1.41 bits per heavy atom. The number of nitro benzene ring substituents is 2. The number of carbonyl (C=O) groups excluding carboxylic acids is 2. The van der Waals surface area contributed by atoms with Crippen molar-refractivity contribution in [1.29, 1.82) is 0 Å². The number of nitrogens with zero attached hydrogens (tertiary/aromatic N) is 2. The van der Waals surface area contributed by atoms with Crippen LogP contribution in [0.15, 0.2) is 42.0 Å². The minimum atomic E-state index is -5.07. The van der Waals surface area contributed by atoms with Crippen LogP contribution in [0.1, 0.15) is 25.0 Å². The highest BCUT2D eigenvalue weighted by atomic mass is 19.4. The normalized spacial score (nSPS) is 15.3. The van der Waals surface area contributed by atoms with E-state index in [-0.39, 0.29) is 23.4 Å². The van der Waals surface area contributed by atoms with Gasteiger partial charge in [0, 0.05) is 26.0 Å². The second-order valence-electron chi connectivity index (χ2n) is 7.26. The smallest absolute Gasteiger partial charge is 0.416 e. The number of esters is 2. The number of alkyl halides is 3. The van der Waals surface area contributed by atoms with Gasteiger partial charge >= 0.3 is 29.5 Å². The Hall–Kier alpha value is -4.49. The summed E-state index contributed by atoms with van der Waals surface area (Å²) < 4.78 is 54.1. The molecule has 0 radical (unpaired) electrons. The van der Waals surface area contributed by atoms with Crippen molar-refractivity contribution in [1.82, 2.24) is 0 Å². The number of benzene rings is 2. The Bertz CT molecular complexity index is 1180. The molecule has 11 nitrogen and oxygen atoms in total. The Morgan fingerprint density at radius 3 is 1.82 bits per heavy atom. The number of hydrogen-bond acceptors (Lipinski definition) is 9. The predicted octanol–water partition coefficient (Wildman–Crippen LogP) is 4.53. The molecule has 0 bridgehead atoms. The Kier molecular flexibility index (Phi) is 6.01. The molecule has 0 atom stereocenters. The SMILES string of the molecule is CC1(C)OC(=O)C(=Cc2ccc(Oc3c([N+](=O)[O-])cc(C(F)(F)F)cc3[N+](=O)[O-])cc2)C(=O)O1. The van der Waals surface area contributed by atoms with Crippen molar-refractivity contribution < 1.29 is 46.8 Å². The van der Waals surface area contributed by atoms with E-state index >= 15 is 0 Å². The van der Waals surface area contributed by atoms with E-state index in [0.29, 0.717) is 0 Å². The molecular formula is C20H13F3N2O9. The average Bonchev–Trinajstić information content (AvgIpc) is 2.70. The first-order valence-corrected chi connectivity index (χ1v) is 9.18. The number of rotatable bonds is 5. The molecule has 178 valence electrons. The van der Waals surface area contributed by atoms with Gasteiger partial charge in [-0.3, -0.25) is 20.2 Å². The molecule has 1 aliphatic rings. The zero-order valence-corrected chi connectivity index (χ0v) is 17.2. The van der Waals surface area contributed by atoms with Gasteiger partial charge in [-0.2, -0.15) is 13.2 Å². The van der Waals surface area contributed by atoms with E-state index < -0.39 is 62.0 Å². The number of carbonyl (C=O) groups is 2. The lowest BCUT2D eigenvalue weighted by atomic mass is 10.1. The lowest BCUT2D eigenvalue weighted by Gasteiger charge is -2.29. The van der Waals surface area contributed by atoms with Crippen LogP contribution in [0.4, 0.5) is 24.5 Å². The highest BCUT2D eigenvalue weighted by molar-refractivity contribution is 6.18. The van der Waals surface area contributed by atoms with E-state index in [9.17, 15) is 43.0 Å². The van der Waals surface area contributed by atoms with Crippen molar-refractivity contribution in [2.24, 2.45) is 0 Å². The van der Waals surface area contributed by atoms with Crippen LogP contribution in [0.2, 0.25) is 0 Å². The maximum Gasteiger partial charge on any atom is 0.416 e. The highest BCUT2D eigenvalue weighted by Gasteiger charge is 2.40. The maximum absolute atomic E-state index is 13.0. The van der Waals surface area contributed by atoms with Gasteiger partial charge in [-0.05, 0) is 23.8 Å². The summed E-state index contributed by atoms with van der Waals surface area (Å²) in [5.41, 5.74) is -4.27. The molecule has 1 aliphatic heterocycles. The Morgan fingerprint density at radius 1 is 0.941 bits per heavy atom. The zero-order valence-electron chi connectivity index (χ0n) is 17.2. The molecule has 34 heavy (non-hydrogen) atoms. The molecule has 0 aliphatic carbocycles. The number of hydrogen-bond donors (Lipinski definition) is 0. The van der Waals surface area contributed by atoms with Gasteiger partial charge in [0.25, 0.3) is 11.5 Å². The van der Waals surface area contributed by atoms with Crippen LogP contribution in [-0.4, -0.2) is 27.6 Å². The molecule has 0 amide bonds. The van der Waals surface area contributed by atoms with Crippen LogP contribution >= 0.6 is 0 Å². The van der Waals surface area contributed by atoms with Crippen molar-refractivity contribution >= 4 is 29.4 Å². The van der Waals surface area contributed by atoms with E-state index in [4.69, 9.17) is 14.2 Å². The lowest BCUT2D eigenvalue weighted by Crippen LogP contribution is -2.41. The molecular weight excluding hydrogens is 469 g/mol. The fourth-order valence-electron chi connectivity index (χ4n) is 2.83. The van der Waals surface area contributed by atoms with Gasteiger partial charge < -0.3 is 14.2 Å². The summed E-state index contributed by atoms with van der Waals surface area (Å²) in [6.07, 6.45) is -3.94. The summed E-state index contributed by atoms with van der Waals surface area (Å²) in [5, 5.41) is 22.6. The molecule has 2 aromatic rings. The number of ether oxygens (including phenoxy) is 3. The fraction of sp³-hybridized carbons (Fsp3) is 0.200. The van der Waals surface area contributed by atoms with Crippen molar-refractivity contribution in [3.8, 4) is 11.5 Å². The summed E-state index contributed by atoms with van der Waals surface area (Å²) in [5.74, 6) is -4.51. The minimum absolute atomic E-state index is 0.128. The van der Waals surface area contributed by atoms with Crippen LogP contribution in [0.25, 0.3) is 6.08 Å². The molecule has 1 heterocycles. The molecule has 0 saturated carbocycles.